The van der Waals surface area contributed by atoms with Gasteiger partial charge in [0.25, 0.3) is 0 Å². The fourth-order valence-corrected chi connectivity index (χ4v) is 1.36. The van der Waals surface area contributed by atoms with E-state index in [2.05, 4.69) is 5.32 Å². The zero-order chi connectivity index (χ0) is 11.4. The predicted molar refractivity (Wildman–Crippen MR) is 62.3 cm³/mol. The van der Waals surface area contributed by atoms with E-state index in [-0.39, 0.29) is 17.9 Å². The number of hydrogen-bond donors (Lipinski definition) is 2. The standard InChI is InChI=1S/C12H18N2O/c1-8(2)12(15)14-9(3)10-6-4-5-7-11(10)13/h4-9H,13H2,1-3H3,(H,14,15). The maximum atomic E-state index is 11.5. The van der Waals surface area contributed by atoms with Crippen LogP contribution in [0.15, 0.2) is 24.3 Å². The van der Waals surface area contributed by atoms with Crippen LogP contribution in [0.5, 0.6) is 0 Å². The molecule has 0 saturated heterocycles. The van der Waals surface area contributed by atoms with Crippen LogP contribution in [0, 0.1) is 5.92 Å². The molecule has 0 aliphatic heterocycles. The Kier molecular flexibility index (Phi) is 3.72. The lowest BCUT2D eigenvalue weighted by Crippen LogP contribution is -2.30. The van der Waals surface area contributed by atoms with Crippen LogP contribution < -0.4 is 11.1 Å². The van der Waals surface area contributed by atoms with E-state index in [1.165, 1.54) is 0 Å². The molecule has 0 heterocycles. The summed E-state index contributed by atoms with van der Waals surface area (Å²) in [7, 11) is 0. The smallest absolute Gasteiger partial charge is 0.223 e. The highest BCUT2D eigenvalue weighted by Gasteiger charge is 2.13. The Labute approximate surface area is 90.7 Å². The molecule has 1 rings (SSSR count). The SMILES string of the molecule is CC(C)C(=O)NC(C)c1ccccc1N. The van der Waals surface area contributed by atoms with Gasteiger partial charge in [-0.15, -0.1) is 0 Å². The quantitative estimate of drug-likeness (QED) is 0.744. The van der Waals surface area contributed by atoms with Crippen molar-refractivity contribution in [2.45, 2.75) is 26.8 Å². The molecular formula is C12H18N2O. The van der Waals surface area contributed by atoms with E-state index in [1.54, 1.807) is 0 Å². The van der Waals surface area contributed by atoms with Crippen LogP contribution in [0.4, 0.5) is 5.69 Å². The van der Waals surface area contributed by atoms with Gasteiger partial charge in [0.1, 0.15) is 0 Å². The molecule has 0 aliphatic rings. The number of rotatable bonds is 3. The summed E-state index contributed by atoms with van der Waals surface area (Å²) >= 11 is 0. The summed E-state index contributed by atoms with van der Waals surface area (Å²) < 4.78 is 0. The minimum Gasteiger partial charge on any atom is -0.398 e. The van der Waals surface area contributed by atoms with Crippen molar-refractivity contribution in [1.82, 2.24) is 5.32 Å². The lowest BCUT2D eigenvalue weighted by atomic mass is 10.1. The van der Waals surface area contributed by atoms with Gasteiger partial charge in [0.15, 0.2) is 0 Å². The molecule has 0 aliphatic carbocycles. The first kappa shape index (κ1) is 11.6. The van der Waals surface area contributed by atoms with Crippen molar-refractivity contribution in [2.24, 2.45) is 5.92 Å². The molecule has 1 unspecified atom stereocenters. The van der Waals surface area contributed by atoms with Gasteiger partial charge < -0.3 is 11.1 Å². The number of benzene rings is 1. The van der Waals surface area contributed by atoms with E-state index in [4.69, 9.17) is 5.73 Å². The average molecular weight is 206 g/mol. The average Bonchev–Trinajstić information content (AvgIpc) is 2.18. The molecule has 0 radical (unpaired) electrons. The van der Waals surface area contributed by atoms with Gasteiger partial charge in [-0.2, -0.15) is 0 Å². The van der Waals surface area contributed by atoms with E-state index in [0.29, 0.717) is 5.69 Å². The van der Waals surface area contributed by atoms with Gasteiger partial charge in [-0.05, 0) is 18.6 Å². The first-order chi connectivity index (χ1) is 7.02. The number of carbonyl (C=O) groups is 1. The van der Waals surface area contributed by atoms with Gasteiger partial charge >= 0.3 is 0 Å². The van der Waals surface area contributed by atoms with Crippen molar-refractivity contribution in [3.63, 3.8) is 0 Å². The number of hydrogen-bond acceptors (Lipinski definition) is 2. The van der Waals surface area contributed by atoms with Crippen LogP contribution in [-0.4, -0.2) is 5.91 Å². The van der Waals surface area contributed by atoms with Crippen molar-refractivity contribution in [3.05, 3.63) is 29.8 Å². The third-order valence-corrected chi connectivity index (χ3v) is 2.35. The lowest BCUT2D eigenvalue weighted by molar-refractivity contribution is -0.124. The van der Waals surface area contributed by atoms with E-state index >= 15 is 0 Å². The number of nitrogen functional groups attached to an aromatic ring is 1. The Morgan fingerprint density at radius 1 is 1.27 bits per heavy atom. The Bertz CT molecular complexity index is 347. The summed E-state index contributed by atoms with van der Waals surface area (Å²) in [6.07, 6.45) is 0. The zero-order valence-corrected chi connectivity index (χ0v) is 9.45. The Morgan fingerprint density at radius 3 is 2.40 bits per heavy atom. The van der Waals surface area contributed by atoms with E-state index in [0.717, 1.165) is 5.56 Å². The van der Waals surface area contributed by atoms with Crippen LogP contribution in [-0.2, 0) is 4.79 Å². The normalized spacial score (nSPS) is 12.5. The minimum atomic E-state index is -0.0406. The number of para-hydroxylation sites is 1. The van der Waals surface area contributed by atoms with Gasteiger partial charge in [-0.25, -0.2) is 0 Å². The maximum absolute atomic E-state index is 11.5. The summed E-state index contributed by atoms with van der Waals surface area (Å²) in [5, 5.41) is 2.92. The molecule has 0 saturated carbocycles. The van der Waals surface area contributed by atoms with Crippen molar-refractivity contribution in [3.8, 4) is 0 Å². The van der Waals surface area contributed by atoms with Gasteiger partial charge in [0.2, 0.25) is 5.91 Å². The summed E-state index contributed by atoms with van der Waals surface area (Å²) in [5.74, 6) is 0.0446. The Morgan fingerprint density at radius 2 is 1.87 bits per heavy atom. The number of nitrogens with one attached hydrogen (secondary N) is 1. The first-order valence-corrected chi connectivity index (χ1v) is 5.17. The summed E-state index contributed by atoms with van der Waals surface area (Å²) in [6.45, 7) is 5.68. The number of nitrogens with two attached hydrogens (primary N) is 1. The highest BCUT2D eigenvalue weighted by Crippen LogP contribution is 2.19. The molecule has 1 aromatic carbocycles. The van der Waals surface area contributed by atoms with Gasteiger partial charge in [-0.1, -0.05) is 32.0 Å². The topological polar surface area (TPSA) is 55.1 Å². The number of carbonyl (C=O) groups excluding carboxylic acids is 1. The van der Waals surface area contributed by atoms with Crippen LogP contribution >= 0.6 is 0 Å². The van der Waals surface area contributed by atoms with Gasteiger partial charge in [-0.3, -0.25) is 4.79 Å². The van der Waals surface area contributed by atoms with Crippen LogP contribution in [0.2, 0.25) is 0 Å². The number of anilines is 1. The molecular weight excluding hydrogens is 188 g/mol. The first-order valence-electron chi connectivity index (χ1n) is 5.17. The second-order valence-corrected chi connectivity index (χ2v) is 4.01. The van der Waals surface area contributed by atoms with Crippen molar-refractivity contribution in [2.75, 3.05) is 5.73 Å². The second kappa shape index (κ2) is 4.82. The highest BCUT2D eigenvalue weighted by molar-refractivity contribution is 5.78. The van der Waals surface area contributed by atoms with E-state index in [9.17, 15) is 4.79 Å². The fraction of sp³-hybridized carbons (Fsp3) is 0.417. The highest BCUT2D eigenvalue weighted by atomic mass is 16.1. The molecule has 0 fully saturated rings. The molecule has 3 nitrogen and oxygen atoms in total. The molecule has 0 bridgehead atoms. The molecule has 1 aromatic rings. The summed E-state index contributed by atoms with van der Waals surface area (Å²) in [5.41, 5.74) is 7.50. The van der Waals surface area contributed by atoms with E-state index < -0.39 is 0 Å². The minimum absolute atomic E-state index is 0.00242. The molecule has 3 heteroatoms. The lowest BCUT2D eigenvalue weighted by Gasteiger charge is -2.17. The molecule has 1 atom stereocenters. The number of amides is 1. The van der Waals surface area contributed by atoms with E-state index in [1.807, 2.05) is 45.0 Å². The second-order valence-electron chi connectivity index (χ2n) is 4.01. The van der Waals surface area contributed by atoms with Gasteiger partial charge in [0.05, 0.1) is 6.04 Å². The van der Waals surface area contributed by atoms with Crippen molar-refractivity contribution in [1.29, 1.82) is 0 Å². The molecule has 0 spiro atoms. The van der Waals surface area contributed by atoms with Crippen molar-refractivity contribution < 1.29 is 4.79 Å². The van der Waals surface area contributed by atoms with Crippen LogP contribution in [0.1, 0.15) is 32.4 Å². The van der Waals surface area contributed by atoms with Crippen LogP contribution in [0.3, 0.4) is 0 Å². The van der Waals surface area contributed by atoms with Crippen molar-refractivity contribution >= 4 is 11.6 Å². The fourth-order valence-electron chi connectivity index (χ4n) is 1.36. The monoisotopic (exact) mass is 206 g/mol. The predicted octanol–water partition coefficient (Wildman–Crippen LogP) is 2.10. The Balaban J connectivity index is 2.73. The molecule has 15 heavy (non-hydrogen) atoms. The molecule has 1 amide bonds. The third kappa shape index (κ3) is 2.98. The zero-order valence-electron chi connectivity index (χ0n) is 9.45. The largest absolute Gasteiger partial charge is 0.398 e. The Hall–Kier alpha value is -1.51. The molecule has 0 aromatic heterocycles. The summed E-state index contributed by atoms with van der Waals surface area (Å²) in [6, 6.07) is 7.54. The maximum Gasteiger partial charge on any atom is 0.223 e. The summed E-state index contributed by atoms with van der Waals surface area (Å²) in [4.78, 5) is 11.5. The van der Waals surface area contributed by atoms with Crippen LogP contribution in [0.25, 0.3) is 0 Å². The molecule has 3 N–H and O–H groups in total. The third-order valence-electron chi connectivity index (χ3n) is 2.35. The molecule has 82 valence electrons. The van der Waals surface area contributed by atoms with Gasteiger partial charge in [0, 0.05) is 11.6 Å².